The Morgan fingerprint density at radius 3 is 2.85 bits per heavy atom. The van der Waals surface area contributed by atoms with E-state index in [-0.39, 0.29) is 18.1 Å². The number of hydrogen-bond donors (Lipinski definition) is 2. The van der Waals surface area contributed by atoms with Gasteiger partial charge in [-0.2, -0.15) is 5.26 Å². The second kappa shape index (κ2) is 8.00. The van der Waals surface area contributed by atoms with E-state index < -0.39 is 0 Å². The van der Waals surface area contributed by atoms with Crippen molar-refractivity contribution in [1.82, 2.24) is 10.6 Å². The molecule has 0 aliphatic heterocycles. The molecule has 4 nitrogen and oxygen atoms in total. The highest BCUT2D eigenvalue weighted by atomic mass is 16.2. The lowest BCUT2D eigenvalue weighted by Crippen LogP contribution is -2.42. The number of nitrogens with zero attached hydrogens (tertiary/aromatic N) is 1. The van der Waals surface area contributed by atoms with Crippen LogP contribution in [0.2, 0.25) is 0 Å². The van der Waals surface area contributed by atoms with Gasteiger partial charge in [0.25, 0.3) is 0 Å². The van der Waals surface area contributed by atoms with Gasteiger partial charge in [-0.15, -0.1) is 6.58 Å². The Balaban J connectivity index is 2.60. The summed E-state index contributed by atoms with van der Waals surface area (Å²) in [6, 6.07) is 9.09. The Bertz CT molecular complexity index is 505. The first-order valence-corrected chi connectivity index (χ1v) is 6.78. The Kier molecular flexibility index (Phi) is 6.31. The van der Waals surface area contributed by atoms with E-state index in [4.69, 9.17) is 5.26 Å². The number of hydrogen-bond acceptors (Lipinski definition) is 2. The number of amides is 2. The predicted octanol–water partition coefficient (Wildman–Crippen LogP) is 3.27. The third-order valence-corrected chi connectivity index (χ3v) is 3.14. The Morgan fingerprint density at radius 2 is 2.25 bits per heavy atom. The molecule has 2 amide bonds. The molecule has 1 aromatic carbocycles. The average Bonchev–Trinajstić information content (AvgIpc) is 2.46. The van der Waals surface area contributed by atoms with Crippen LogP contribution in [0.4, 0.5) is 4.79 Å². The zero-order chi connectivity index (χ0) is 15.0. The first kappa shape index (κ1) is 15.8. The van der Waals surface area contributed by atoms with Crippen LogP contribution in [0.25, 0.3) is 0 Å². The summed E-state index contributed by atoms with van der Waals surface area (Å²) in [5, 5.41) is 14.7. The van der Waals surface area contributed by atoms with Crippen LogP contribution in [0.15, 0.2) is 36.9 Å². The summed E-state index contributed by atoms with van der Waals surface area (Å²) in [6.07, 6.45) is 3.41. The van der Waals surface area contributed by atoms with Crippen LogP contribution in [-0.2, 0) is 0 Å². The highest BCUT2D eigenvalue weighted by Crippen LogP contribution is 2.13. The maximum absolute atomic E-state index is 11.9. The molecule has 1 aromatic rings. The number of benzene rings is 1. The van der Waals surface area contributed by atoms with Gasteiger partial charge in [-0.05, 0) is 37.5 Å². The van der Waals surface area contributed by atoms with E-state index in [0.717, 1.165) is 18.4 Å². The smallest absolute Gasteiger partial charge is 0.315 e. The molecule has 0 saturated carbocycles. The second-order valence-corrected chi connectivity index (χ2v) is 4.71. The molecule has 0 unspecified atom stereocenters. The van der Waals surface area contributed by atoms with Crippen LogP contribution < -0.4 is 10.6 Å². The molecule has 0 spiro atoms. The van der Waals surface area contributed by atoms with Gasteiger partial charge >= 0.3 is 6.03 Å². The van der Waals surface area contributed by atoms with Gasteiger partial charge in [0.1, 0.15) is 0 Å². The normalized spacial score (nSPS) is 12.8. The number of rotatable bonds is 6. The molecule has 0 saturated heterocycles. The van der Waals surface area contributed by atoms with Gasteiger partial charge in [-0.1, -0.05) is 25.1 Å². The van der Waals surface area contributed by atoms with Gasteiger partial charge in [-0.25, -0.2) is 4.79 Å². The summed E-state index contributed by atoms with van der Waals surface area (Å²) in [5.74, 6) is 0. The first-order valence-electron chi connectivity index (χ1n) is 6.78. The second-order valence-electron chi connectivity index (χ2n) is 4.71. The monoisotopic (exact) mass is 271 g/mol. The zero-order valence-electron chi connectivity index (χ0n) is 12.0. The molecule has 0 aromatic heterocycles. The van der Waals surface area contributed by atoms with Crippen molar-refractivity contribution in [3.05, 3.63) is 48.0 Å². The van der Waals surface area contributed by atoms with Crippen molar-refractivity contribution >= 4 is 6.03 Å². The quantitative estimate of drug-likeness (QED) is 0.780. The molecule has 0 bridgehead atoms. The van der Waals surface area contributed by atoms with Crippen LogP contribution in [0, 0.1) is 11.3 Å². The molecule has 0 aliphatic carbocycles. The third-order valence-electron chi connectivity index (χ3n) is 3.14. The standard InChI is InChI=1S/C16H21N3O/c1-4-7-15(5-2)19-16(20)18-12(3)14-9-6-8-13(10-14)11-17/h4,6,8-10,12,15H,1,5,7H2,2-3H3,(H2,18,19,20)/t12-,15-/m0/s1. The van der Waals surface area contributed by atoms with E-state index in [9.17, 15) is 4.79 Å². The Labute approximate surface area is 120 Å². The summed E-state index contributed by atoms with van der Waals surface area (Å²) in [7, 11) is 0. The fourth-order valence-electron chi connectivity index (χ4n) is 1.91. The molecular formula is C16H21N3O. The van der Waals surface area contributed by atoms with Crippen molar-refractivity contribution in [2.45, 2.75) is 38.8 Å². The van der Waals surface area contributed by atoms with Crippen molar-refractivity contribution in [3.63, 3.8) is 0 Å². The van der Waals surface area contributed by atoms with Crippen LogP contribution >= 0.6 is 0 Å². The number of carbonyl (C=O) groups is 1. The molecule has 4 heteroatoms. The van der Waals surface area contributed by atoms with Crippen LogP contribution in [0.1, 0.15) is 43.9 Å². The maximum atomic E-state index is 11.9. The van der Waals surface area contributed by atoms with Gasteiger partial charge < -0.3 is 10.6 Å². The topological polar surface area (TPSA) is 64.9 Å². The highest BCUT2D eigenvalue weighted by molar-refractivity contribution is 5.74. The van der Waals surface area contributed by atoms with Crippen molar-refractivity contribution in [2.24, 2.45) is 0 Å². The SMILES string of the molecule is C=CC[C@H](CC)NC(=O)N[C@@H](C)c1cccc(C#N)c1. The van der Waals surface area contributed by atoms with Crippen molar-refractivity contribution in [3.8, 4) is 6.07 Å². The number of nitrogens with one attached hydrogen (secondary N) is 2. The van der Waals surface area contributed by atoms with Crippen LogP contribution in [-0.4, -0.2) is 12.1 Å². The third kappa shape index (κ3) is 4.77. The van der Waals surface area contributed by atoms with E-state index in [0.29, 0.717) is 5.56 Å². The summed E-state index contributed by atoms with van der Waals surface area (Å²) in [5.41, 5.74) is 1.51. The van der Waals surface area contributed by atoms with Gasteiger partial charge in [0, 0.05) is 6.04 Å². The van der Waals surface area contributed by atoms with Gasteiger partial charge in [0.2, 0.25) is 0 Å². The zero-order valence-corrected chi connectivity index (χ0v) is 12.0. The minimum absolute atomic E-state index is 0.102. The van der Waals surface area contributed by atoms with E-state index in [1.54, 1.807) is 18.2 Å². The van der Waals surface area contributed by atoms with Crippen molar-refractivity contribution in [1.29, 1.82) is 5.26 Å². The lowest BCUT2D eigenvalue weighted by atomic mass is 10.1. The average molecular weight is 271 g/mol. The predicted molar refractivity (Wildman–Crippen MR) is 80.1 cm³/mol. The molecule has 0 fully saturated rings. The lowest BCUT2D eigenvalue weighted by Gasteiger charge is -2.19. The molecule has 2 atom stereocenters. The van der Waals surface area contributed by atoms with E-state index in [1.807, 2.05) is 26.0 Å². The summed E-state index contributed by atoms with van der Waals surface area (Å²) >= 11 is 0. The van der Waals surface area contributed by atoms with E-state index in [2.05, 4.69) is 23.3 Å². The highest BCUT2D eigenvalue weighted by Gasteiger charge is 2.12. The molecule has 2 N–H and O–H groups in total. The Hall–Kier alpha value is -2.28. The minimum Gasteiger partial charge on any atom is -0.335 e. The summed E-state index contributed by atoms with van der Waals surface area (Å²) in [6.45, 7) is 7.60. The first-order chi connectivity index (χ1) is 9.60. The molecule has 20 heavy (non-hydrogen) atoms. The van der Waals surface area contributed by atoms with Crippen LogP contribution in [0.3, 0.4) is 0 Å². The maximum Gasteiger partial charge on any atom is 0.315 e. The Morgan fingerprint density at radius 1 is 1.50 bits per heavy atom. The van der Waals surface area contributed by atoms with E-state index >= 15 is 0 Å². The fraction of sp³-hybridized carbons (Fsp3) is 0.375. The number of carbonyl (C=O) groups excluding carboxylic acids is 1. The summed E-state index contributed by atoms with van der Waals surface area (Å²) in [4.78, 5) is 11.9. The van der Waals surface area contributed by atoms with Crippen molar-refractivity contribution in [2.75, 3.05) is 0 Å². The van der Waals surface area contributed by atoms with E-state index in [1.165, 1.54) is 0 Å². The molecule has 106 valence electrons. The lowest BCUT2D eigenvalue weighted by molar-refractivity contribution is 0.233. The van der Waals surface area contributed by atoms with Crippen LogP contribution in [0.5, 0.6) is 0 Å². The molecule has 1 rings (SSSR count). The fourth-order valence-corrected chi connectivity index (χ4v) is 1.91. The number of nitriles is 1. The van der Waals surface area contributed by atoms with Crippen molar-refractivity contribution < 1.29 is 4.79 Å². The molecule has 0 heterocycles. The largest absolute Gasteiger partial charge is 0.335 e. The molecule has 0 aliphatic rings. The van der Waals surface area contributed by atoms with Gasteiger partial charge in [0.15, 0.2) is 0 Å². The minimum atomic E-state index is -0.200. The number of urea groups is 1. The molecular weight excluding hydrogens is 250 g/mol. The van der Waals surface area contributed by atoms with Gasteiger partial charge in [-0.3, -0.25) is 0 Å². The molecule has 0 radical (unpaired) electrons. The van der Waals surface area contributed by atoms with Gasteiger partial charge in [0.05, 0.1) is 17.7 Å². The summed E-state index contributed by atoms with van der Waals surface area (Å²) < 4.78 is 0.